The van der Waals surface area contributed by atoms with Crippen LogP contribution in [0, 0.1) is 6.92 Å². The Balaban J connectivity index is 0.000000471. The van der Waals surface area contributed by atoms with Gasteiger partial charge in [-0.2, -0.15) is 0 Å². The molecular weight excluding hydrogens is 308 g/mol. The Morgan fingerprint density at radius 2 is 1.62 bits per heavy atom. The second-order valence-electron chi connectivity index (χ2n) is 5.13. The molecule has 0 spiro atoms. The summed E-state index contributed by atoms with van der Waals surface area (Å²) in [6.07, 6.45) is 0. The lowest BCUT2D eigenvalue weighted by molar-refractivity contribution is -0.134. The number of ketones is 1. The number of rotatable bonds is 3. The van der Waals surface area contributed by atoms with Crippen molar-refractivity contribution >= 4 is 22.7 Å². The van der Waals surface area contributed by atoms with E-state index >= 15 is 0 Å². The van der Waals surface area contributed by atoms with Crippen molar-refractivity contribution in [2.45, 2.75) is 13.8 Å². The Morgan fingerprint density at radius 3 is 2.17 bits per heavy atom. The number of carboxylic acids is 1. The Hall–Kier alpha value is -3.08. The smallest absolute Gasteiger partial charge is 0.300 e. The van der Waals surface area contributed by atoms with Crippen LogP contribution < -0.4 is 4.74 Å². The van der Waals surface area contributed by atoms with Gasteiger partial charge in [0.2, 0.25) is 5.78 Å². The SMILES string of the molecule is CC(=O)O.COc1ccc(C(=O)c2oc3ccccc3c2C)cc1. The van der Waals surface area contributed by atoms with Gasteiger partial charge in [-0.1, -0.05) is 18.2 Å². The summed E-state index contributed by atoms with van der Waals surface area (Å²) in [6.45, 7) is 2.99. The van der Waals surface area contributed by atoms with Gasteiger partial charge in [-0.25, -0.2) is 0 Å². The number of fused-ring (bicyclic) bond motifs is 1. The van der Waals surface area contributed by atoms with E-state index in [0.717, 1.165) is 29.2 Å². The molecule has 0 atom stereocenters. The van der Waals surface area contributed by atoms with Crippen molar-refractivity contribution in [1.29, 1.82) is 0 Å². The minimum Gasteiger partial charge on any atom is -0.497 e. The molecule has 5 heteroatoms. The van der Waals surface area contributed by atoms with Gasteiger partial charge in [-0.3, -0.25) is 9.59 Å². The lowest BCUT2D eigenvalue weighted by Crippen LogP contribution is -2.01. The maximum absolute atomic E-state index is 12.5. The molecule has 1 heterocycles. The third-order valence-corrected chi connectivity index (χ3v) is 3.40. The molecule has 0 saturated carbocycles. The van der Waals surface area contributed by atoms with Gasteiger partial charge in [-0.05, 0) is 37.3 Å². The zero-order chi connectivity index (χ0) is 17.7. The van der Waals surface area contributed by atoms with Crippen LogP contribution in [0.5, 0.6) is 5.75 Å². The summed E-state index contributed by atoms with van der Waals surface area (Å²) < 4.78 is 10.8. The molecule has 24 heavy (non-hydrogen) atoms. The molecule has 0 radical (unpaired) electrons. The second kappa shape index (κ2) is 7.46. The number of benzene rings is 2. The van der Waals surface area contributed by atoms with E-state index in [0.29, 0.717) is 11.3 Å². The fourth-order valence-corrected chi connectivity index (χ4v) is 2.26. The Labute approximate surface area is 139 Å². The summed E-state index contributed by atoms with van der Waals surface area (Å²) >= 11 is 0. The van der Waals surface area contributed by atoms with E-state index in [1.54, 1.807) is 31.4 Å². The molecule has 5 nitrogen and oxygen atoms in total. The van der Waals surface area contributed by atoms with E-state index in [4.69, 9.17) is 19.1 Å². The van der Waals surface area contributed by atoms with Crippen molar-refractivity contribution in [2.24, 2.45) is 0 Å². The van der Waals surface area contributed by atoms with Crippen LogP contribution >= 0.6 is 0 Å². The average Bonchev–Trinajstić information content (AvgIpc) is 2.91. The fraction of sp³-hybridized carbons (Fsp3) is 0.158. The van der Waals surface area contributed by atoms with Gasteiger partial charge >= 0.3 is 0 Å². The summed E-state index contributed by atoms with van der Waals surface area (Å²) in [5, 5.41) is 8.39. The van der Waals surface area contributed by atoms with Crippen molar-refractivity contribution in [3.05, 3.63) is 65.4 Å². The molecule has 2 aromatic carbocycles. The minimum atomic E-state index is -0.833. The monoisotopic (exact) mass is 326 g/mol. The maximum atomic E-state index is 12.5. The minimum absolute atomic E-state index is 0.110. The summed E-state index contributed by atoms with van der Waals surface area (Å²) in [7, 11) is 1.60. The van der Waals surface area contributed by atoms with E-state index < -0.39 is 5.97 Å². The highest BCUT2D eigenvalue weighted by molar-refractivity contribution is 6.10. The molecule has 3 aromatic rings. The summed E-state index contributed by atoms with van der Waals surface area (Å²) in [5.41, 5.74) is 2.20. The molecule has 1 N–H and O–H groups in total. The van der Waals surface area contributed by atoms with E-state index in [1.807, 2.05) is 31.2 Å². The number of aliphatic carboxylic acids is 1. The lowest BCUT2D eigenvalue weighted by atomic mass is 10.0. The number of carboxylic acid groups (broad SMARTS) is 1. The number of carbonyl (C=O) groups is 2. The molecule has 0 bridgehead atoms. The van der Waals surface area contributed by atoms with Gasteiger partial charge in [0.05, 0.1) is 7.11 Å². The highest BCUT2D eigenvalue weighted by Crippen LogP contribution is 2.27. The Bertz CT molecular complexity index is 855. The molecule has 0 aliphatic heterocycles. The maximum Gasteiger partial charge on any atom is 0.300 e. The summed E-state index contributed by atoms with van der Waals surface area (Å²) in [6, 6.07) is 14.7. The van der Waals surface area contributed by atoms with Crippen LogP contribution in [0.2, 0.25) is 0 Å². The molecule has 124 valence electrons. The van der Waals surface area contributed by atoms with Gasteiger partial charge in [0, 0.05) is 23.4 Å². The first-order chi connectivity index (χ1) is 11.4. The number of hydrogen-bond acceptors (Lipinski definition) is 4. The molecule has 3 rings (SSSR count). The third-order valence-electron chi connectivity index (χ3n) is 3.40. The average molecular weight is 326 g/mol. The first kappa shape index (κ1) is 17.3. The fourth-order valence-electron chi connectivity index (χ4n) is 2.26. The van der Waals surface area contributed by atoms with E-state index in [-0.39, 0.29) is 5.78 Å². The largest absolute Gasteiger partial charge is 0.497 e. The summed E-state index contributed by atoms with van der Waals surface area (Å²) in [5.74, 6) is 0.181. The number of methoxy groups -OCH3 is 1. The first-order valence-corrected chi connectivity index (χ1v) is 7.30. The van der Waals surface area contributed by atoms with Gasteiger partial charge in [0.15, 0.2) is 5.76 Å². The third kappa shape index (κ3) is 3.81. The van der Waals surface area contributed by atoms with Crippen LogP contribution in [-0.2, 0) is 4.79 Å². The highest BCUT2D eigenvalue weighted by Gasteiger charge is 2.18. The van der Waals surface area contributed by atoms with Crippen LogP contribution in [0.3, 0.4) is 0 Å². The first-order valence-electron chi connectivity index (χ1n) is 7.30. The van der Waals surface area contributed by atoms with E-state index in [2.05, 4.69) is 0 Å². The molecule has 0 saturated heterocycles. The predicted molar refractivity (Wildman–Crippen MR) is 90.7 cm³/mol. The van der Waals surface area contributed by atoms with Crippen molar-refractivity contribution in [3.8, 4) is 5.75 Å². The van der Waals surface area contributed by atoms with Gasteiger partial charge in [0.1, 0.15) is 11.3 Å². The number of ether oxygens (including phenoxy) is 1. The topological polar surface area (TPSA) is 76.7 Å². The van der Waals surface area contributed by atoms with Crippen molar-refractivity contribution in [3.63, 3.8) is 0 Å². The number of aryl methyl sites for hydroxylation is 1. The molecule has 0 fully saturated rings. The zero-order valence-electron chi connectivity index (χ0n) is 13.7. The predicted octanol–water partition coefficient (Wildman–Crippen LogP) is 4.07. The molecule has 0 amide bonds. The van der Waals surface area contributed by atoms with Crippen molar-refractivity contribution < 1.29 is 23.8 Å². The number of carbonyl (C=O) groups excluding carboxylic acids is 1. The number of para-hydroxylation sites is 1. The van der Waals surface area contributed by atoms with Crippen LogP contribution in [-0.4, -0.2) is 24.0 Å². The van der Waals surface area contributed by atoms with E-state index in [1.165, 1.54) is 0 Å². The normalized spacial score (nSPS) is 9.96. The van der Waals surface area contributed by atoms with Crippen LogP contribution in [0.25, 0.3) is 11.0 Å². The molecule has 0 aliphatic carbocycles. The van der Waals surface area contributed by atoms with Gasteiger partial charge < -0.3 is 14.3 Å². The van der Waals surface area contributed by atoms with Gasteiger partial charge in [0.25, 0.3) is 5.97 Å². The Kier molecular flexibility index (Phi) is 5.37. The number of hydrogen-bond donors (Lipinski definition) is 1. The Morgan fingerprint density at radius 1 is 1.04 bits per heavy atom. The molecule has 1 aromatic heterocycles. The zero-order valence-corrected chi connectivity index (χ0v) is 13.7. The van der Waals surface area contributed by atoms with Crippen LogP contribution in [0.4, 0.5) is 0 Å². The quantitative estimate of drug-likeness (QED) is 0.734. The molecular formula is C19H18O5. The van der Waals surface area contributed by atoms with Crippen LogP contribution in [0.15, 0.2) is 52.9 Å². The molecule has 0 aliphatic rings. The number of furan rings is 1. The van der Waals surface area contributed by atoms with Crippen molar-refractivity contribution in [1.82, 2.24) is 0 Å². The highest BCUT2D eigenvalue weighted by atomic mass is 16.5. The van der Waals surface area contributed by atoms with Crippen molar-refractivity contribution in [2.75, 3.05) is 7.11 Å². The van der Waals surface area contributed by atoms with Crippen LogP contribution in [0.1, 0.15) is 28.6 Å². The standard InChI is InChI=1S/C17H14O3.C2H4O2/c1-11-14-5-3-4-6-15(14)20-17(11)16(18)12-7-9-13(19-2)10-8-12;1-2(3)4/h3-10H,1-2H3;1H3,(H,3,4). The van der Waals surface area contributed by atoms with Gasteiger partial charge in [-0.15, -0.1) is 0 Å². The summed E-state index contributed by atoms with van der Waals surface area (Å²) in [4.78, 5) is 21.5. The second-order valence-corrected chi connectivity index (χ2v) is 5.13. The lowest BCUT2D eigenvalue weighted by Gasteiger charge is -2.01. The molecule has 0 unspecified atom stereocenters. The van der Waals surface area contributed by atoms with E-state index in [9.17, 15) is 4.79 Å².